The second-order valence-electron chi connectivity index (χ2n) is 11.1. The molecule has 0 aromatic carbocycles. The molecule has 0 amide bonds. The predicted molar refractivity (Wildman–Crippen MR) is 153 cm³/mol. The first kappa shape index (κ1) is 34.4. The number of carbonyl (C=O) groups is 1. The van der Waals surface area contributed by atoms with Gasteiger partial charge in [0.15, 0.2) is 0 Å². The summed E-state index contributed by atoms with van der Waals surface area (Å²) >= 11 is 0. The van der Waals surface area contributed by atoms with E-state index in [-0.39, 0.29) is 0 Å². The van der Waals surface area contributed by atoms with E-state index >= 15 is 0 Å². The number of aliphatic hydroxyl groups is 1. The zero-order chi connectivity index (χ0) is 25.5. The SMILES string of the molecule is O=C(O)CCCCCCCCCCCCCCCCCCCCCCCCCCCCCCCO. The highest BCUT2D eigenvalue weighted by Crippen LogP contribution is 2.16. The number of carboxylic acids is 1. The van der Waals surface area contributed by atoms with Gasteiger partial charge in [-0.05, 0) is 12.8 Å². The third-order valence-corrected chi connectivity index (χ3v) is 7.55. The molecule has 0 spiro atoms. The Hall–Kier alpha value is -0.570. The van der Waals surface area contributed by atoms with Gasteiger partial charge in [-0.3, -0.25) is 4.79 Å². The van der Waals surface area contributed by atoms with Gasteiger partial charge in [-0.1, -0.05) is 173 Å². The van der Waals surface area contributed by atoms with Crippen LogP contribution in [0.2, 0.25) is 0 Å². The van der Waals surface area contributed by atoms with E-state index in [0.717, 1.165) is 19.3 Å². The van der Waals surface area contributed by atoms with Gasteiger partial charge in [-0.2, -0.15) is 0 Å². The lowest BCUT2D eigenvalue weighted by Gasteiger charge is -2.04. The van der Waals surface area contributed by atoms with Gasteiger partial charge >= 0.3 is 5.97 Å². The van der Waals surface area contributed by atoms with Crippen molar-refractivity contribution in [2.45, 2.75) is 193 Å². The van der Waals surface area contributed by atoms with Crippen molar-refractivity contribution < 1.29 is 15.0 Å². The van der Waals surface area contributed by atoms with E-state index in [1.54, 1.807) is 0 Å². The van der Waals surface area contributed by atoms with E-state index in [1.807, 2.05) is 0 Å². The molecule has 0 aliphatic carbocycles. The molecule has 3 heteroatoms. The molecule has 0 rings (SSSR count). The quantitative estimate of drug-likeness (QED) is 0.0938. The van der Waals surface area contributed by atoms with Crippen LogP contribution in [0, 0.1) is 0 Å². The van der Waals surface area contributed by atoms with Gasteiger partial charge < -0.3 is 10.2 Å². The third kappa shape index (κ3) is 33.4. The fourth-order valence-electron chi connectivity index (χ4n) is 5.16. The van der Waals surface area contributed by atoms with Crippen molar-refractivity contribution in [1.82, 2.24) is 0 Å². The van der Waals surface area contributed by atoms with Crippen molar-refractivity contribution in [1.29, 1.82) is 0 Å². The molecule has 0 heterocycles. The average Bonchev–Trinajstić information content (AvgIpc) is 2.85. The number of hydrogen-bond donors (Lipinski definition) is 2. The number of hydrogen-bond acceptors (Lipinski definition) is 2. The molecule has 0 atom stereocenters. The minimum Gasteiger partial charge on any atom is -0.481 e. The molecule has 0 saturated carbocycles. The molecule has 210 valence electrons. The Morgan fingerprint density at radius 2 is 0.486 bits per heavy atom. The van der Waals surface area contributed by atoms with Crippen molar-refractivity contribution in [2.24, 2.45) is 0 Å². The molecule has 0 aliphatic rings. The molecule has 2 N–H and O–H groups in total. The maximum absolute atomic E-state index is 10.5. The van der Waals surface area contributed by atoms with Crippen LogP contribution in [0.15, 0.2) is 0 Å². The van der Waals surface area contributed by atoms with Crippen molar-refractivity contribution in [3.05, 3.63) is 0 Å². The lowest BCUT2D eigenvalue weighted by atomic mass is 10.0. The third-order valence-electron chi connectivity index (χ3n) is 7.55. The van der Waals surface area contributed by atoms with Crippen LogP contribution in [0.25, 0.3) is 0 Å². The maximum atomic E-state index is 10.5. The minimum absolute atomic E-state index is 0.343. The minimum atomic E-state index is -0.652. The van der Waals surface area contributed by atoms with Crippen molar-refractivity contribution in [3.63, 3.8) is 0 Å². The highest BCUT2D eigenvalue weighted by Gasteiger charge is 1.98. The Bertz CT molecular complexity index is 396. The average molecular weight is 497 g/mol. The van der Waals surface area contributed by atoms with Crippen LogP contribution in [-0.2, 0) is 4.79 Å². The molecule has 0 unspecified atom stereocenters. The van der Waals surface area contributed by atoms with Gasteiger partial charge in [0, 0.05) is 13.0 Å². The van der Waals surface area contributed by atoms with Crippen LogP contribution in [0.4, 0.5) is 0 Å². The Balaban J connectivity index is 3.01. The van der Waals surface area contributed by atoms with Crippen LogP contribution >= 0.6 is 0 Å². The number of aliphatic carboxylic acids is 1. The van der Waals surface area contributed by atoms with Gasteiger partial charge in [-0.25, -0.2) is 0 Å². The molecule has 0 radical (unpaired) electrons. The molecular formula is C32H64O3. The fourth-order valence-corrected chi connectivity index (χ4v) is 5.16. The zero-order valence-corrected chi connectivity index (χ0v) is 23.7. The fraction of sp³-hybridized carbons (Fsp3) is 0.969. The van der Waals surface area contributed by atoms with Crippen LogP contribution in [0.5, 0.6) is 0 Å². The smallest absolute Gasteiger partial charge is 0.303 e. The highest BCUT2D eigenvalue weighted by molar-refractivity contribution is 5.66. The summed E-state index contributed by atoms with van der Waals surface area (Å²) in [5.74, 6) is -0.652. The monoisotopic (exact) mass is 496 g/mol. The summed E-state index contributed by atoms with van der Waals surface area (Å²) in [5.41, 5.74) is 0. The van der Waals surface area contributed by atoms with Crippen molar-refractivity contribution >= 4 is 5.97 Å². The molecule has 3 nitrogen and oxygen atoms in total. The van der Waals surface area contributed by atoms with E-state index in [9.17, 15) is 4.79 Å². The molecule has 0 fully saturated rings. The summed E-state index contributed by atoms with van der Waals surface area (Å²) in [5, 5.41) is 17.4. The van der Waals surface area contributed by atoms with E-state index in [2.05, 4.69) is 0 Å². The summed E-state index contributed by atoms with van der Waals surface area (Å²) in [6.07, 6.45) is 39.6. The van der Waals surface area contributed by atoms with Crippen molar-refractivity contribution in [3.8, 4) is 0 Å². The Morgan fingerprint density at radius 3 is 0.657 bits per heavy atom. The number of unbranched alkanes of at least 4 members (excludes halogenated alkanes) is 28. The molecule has 35 heavy (non-hydrogen) atoms. The summed E-state index contributed by atoms with van der Waals surface area (Å²) < 4.78 is 0. The van der Waals surface area contributed by atoms with Gasteiger partial charge in [0.05, 0.1) is 0 Å². The zero-order valence-electron chi connectivity index (χ0n) is 23.7. The van der Waals surface area contributed by atoms with Gasteiger partial charge in [-0.15, -0.1) is 0 Å². The van der Waals surface area contributed by atoms with Gasteiger partial charge in [0.1, 0.15) is 0 Å². The molecule has 0 saturated heterocycles. The van der Waals surface area contributed by atoms with Crippen LogP contribution in [0.1, 0.15) is 193 Å². The molecule has 0 aliphatic heterocycles. The summed E-state index contributed by atoms with van der Waals surface area (Å²) in [6, 6.07) is 0. The molecule has 0 aromatic rings. The summed E-state index contributed by atoms with van der Waals surface area (Å²) in [7, 11) is 0. The van der Waals surface area contributed by atoms with Crippen LogP contribution < -0.4 is 0 Å². The Labute approximate surface area is 220 Å². The van der Waals surface area contributed by atoms with E-state index in [0.29, 0.717) is 13.0 Å². The normalized spacial score (nSPS) is 11.3. The maximum Gasteiger partial charge on any atom is 0.303 e. The lowest BCUT2D eigenvalue weighted by molar-refractivity contribution is -0.137. The summed E-state index contributed by atoms with van der Waals surface area (Å²) in [4.78, 5) is 10.5. The molecular weight excluding hydrogens is 432 g/mol. The predicted octanol–water partition coefficient (Wildman–Crippen LogP) is 10.8. The lowest BCUT2D eigenvalue weighted by Crippen LogP contribution is -1.93. The second-order valence-corrected chi connectivity index (χ2v) is 11.1. The van der Waals surface area contributed by atoms with Crippen LogP contribution in [0.3, 0.4) is 0 Å². The largest absolute Gasteiger partial charge is 0.481 e. The number of rotatable bonds is 31. The Morgan fingerprint density at radius 1 is 0.314 bits per heavy atom. The number of aliphatic hydroxyl groups excluding tert-OH is 1. The number of carboxylic acid groups (broad SMARTS) is 1. The van der Waals surface area contributed by atoms with Gasteiger partial charge in [0.2, 0.25) is 0 Å². The van der Waals surface area contributed by atoms with Gasteiger partial charge in [0.25, 0.3) is 0 Å². The second kappa shape index (κ2) is 31.5. The van der Waals surface area contributed by atoms with Crippen LogP contribution in [-0.4, -0.2) is 22.8 Å². The Kier molecular flexibility index (Phi) is 30.9. The standard InChI is InChI=1S/C32H64O3/c33-31-29-27-25-23-21-19-17-15-13-11-9-7-5-3-1-2-4-6-8-10-12-14-16-18-20-22-24-26-28-30-32(34)35/h33H,1-31H2,(H,34,35). The van der Waals surface area contributed by atoms with E-state index < -0.39 is 5.97 Å². The first-order valence-corrected chi connectivity index (χ1v) is 16.1. The first-order chi connectivity index (χ1) is 17.3. The highest BCUT2D eigenvalue weighted by atomic mass is 16.4. The first-order valence-electron chi connectivity index (χ1n) is 16.1. The molecule has 0 aromatic heterocycles. The van der Waals surface area contributed by atoms with E-state index in [4.69, 9.17) is 10.2 Å². The topological polar surface area (TPSA) is 57.5 Å². The molecule has 0 bridgehead atoms. The summed E-state index contributed by atoms with van der Waals surface area (Å²) in [6.45, 7) is 0.366. The van der Waals surface area contributed by atoms with Crippen molar-refractivity contribution in [2.75, 3.05) is 6.61 Å². The van der Waals surface area contributed by atoms with E-state index in [1.165, 1.54) is 167 Å².